The van der Waals surface area contributed by atoms with Gasteiger partial charge in [-0.05, 0) is 55.5 Å². The summed E-state index contributed by atoms with van der Waals surface area (Å²) < 4.78 is 1.27. The molecule has 4 rings (SSSR count). The van der Waals surface area contributed by atoms with Crippen LogP contribution in [0, 0.1) is 10.9 Å². The van der Waals surface area contributed by atoms with Gasteiger partial charge in [0.15, 0.2) is 3.95 Å². The molecule has 2 heterocycles. The third-order valence-electron chi connectivity index (χ3n) is 4.19. The van der Waals surface area contributed by atoms with Crippen molar-refractivity contribution in [1.82, 2.24) is 4.68 Å². The summed E-state index contributed by atoms with van der Waals surface area (Å²) >= 11 is 12.1. The summed E-state index contributed by atoms with van der Waals surface area (Å²) in [6, 6.07) is 11.7. The van der Waals surface area contributed by atoms with Gasteiger partial charge < -0.3 is 5.11 Å². The molecule has 0 radical (unpaired) electrons. The second-order valence-corrected chi connectivity index (χ2v) is 8.20. The van der Waals surface area contributed by atoms with E-state index in [1.165, 1.54) is 0 Å². The van der Waals surface area contributed by atoms with Crippen LogP contribution in [0.3, 0.4) is 0 Å². The second-order valence-electron chi connectivity index (χ2n) is 6.12. The van der Waals surface area contributed by atoms with Crippen molar-refractivity contribution < 1.29 is 14.7 Å². The van der Waals surface area contributed by atoms with E-state index in [4.69, 9.17) is 23.8 Å². The fourth-order valence-electron chi connectivity index (χ4n) is 2.84. The summed E-state index contributed by atoms with van der Waals surface area (Å²) in [4.78, 5) is 29.2. The van der Waals surface area contributed by atoms with Gasteiger partial charge in [-0.3, -0.25) is 15.0 Å². The molecule has 0 aliphatic carbocycles. The number of nitrogens with zero attached hydrogens (tertiary/aromatic N) is 2. The van der Waals surface area contributed by atoms with E-state index >= 15 is 0 Å². The molecule has 0 atom stereocenters. The van der Waals surface area contributed by atoms with E-state index in [-0.39, 0.29) is 20.3 Å². The molecule has 0 saturated heterocycles. The summed E-state index contributed by atoms with van der Waals surface area (Å²) in [6.45, 7) is 1.90. The van der Waals surface area contributed by atoms with Crippen molar-refractivity contribution in [3.63, 3.8) is 0 Å². The third-order valence-corrected chi connectivity index (χ3v) is 5.82. The van der Waals surface area contributed by atoms with Crippen LogP contribution in [-0.4, -0.2) is 21.6 Å². The first kappa shape index (κ1) is 18.5. The molecule has 2 amide bonds. The maximum Gasteiger partial charge on any atom is 0.279 e. The summed E-state index contributed by atoms with van der Waals surface area (Å²) in [5.74, 6) is -1.25. The van der Waals surface area contributed by atoms with E-state index in [1.54, 1.807) is 30.3 Å². The zero-order valence-corrected chi connectivity index (χ0v) is 16.8. The van der Waals surface area contributed by atoms with Crippen LogP contribution in [0.2, 0.25) is 5.02 Å². The monoisotopic (exact) mass is 429 g/mol. The van der Waals surface area contributed by atoms with Gasteiger partial charge in [0.2, 0.25) is 5.88 Å². The predicted octanol–water partition coefficient (Wildman–Crippen LogP) is 2.69. The lowest BCUT2D eigenvalue weighted by atomic mass is 10.1. The van der Waals surface area contributed by atoms with E-state index in [1.807, 2.05) is 19.1 Å². The first-order valence-electron chi connectivity index (χ1n) is 8.11. The molecule has 0 spiro atoms. The van der Waals surface area contributed by atoms with Crippen molar-refractivity contribution >= 4 is 52.5 Å². The molecule has 3 aromatic rings. The minimum Gasteiger partial charge on any atom is -0.492 e. The number of hydrogen-bond donors (Lipinski definition) is 2. The van der Waals surface area contributed by atoms with Crippen LogP contribution in [0.15, 0.2) is 47.5 Å². The molecule has 6 nitrogen and oxygen atoms in total. The number of aryl methyl sites for hydroxylation is 1. The van der Waals surface area contributed by atoms with Gasteiger partial charge in [0.25, 0.3) is 11.8 Å². The average Bonchev–Trinajstić information content (AvgIpc) is 3.11. The second kappa shape index (κ2) is 6.97. The lowest BCUT2D eigenvalue weighted by Crippen LogP contribution is -2.24. The predicted molar refractivity (Wildman–Crippen MR) is 109 cm³/mol. The van der Waals surface area contributed by atoms with Crippen LogP contribution >= 0.6 is 35.2 Å². The fraction of sp³-hybridized carbons (Fsp3) is 0.0526. The Labute approximate surface area is 173 Å². The van der Waals surface area contributed by atoms with Crippen LogP contribution in [0.25, 0.3) is 5.57 Å². The molecular weight excluding hydrogens is 418 g/mol. The van der Waals surface area contributed by atoms with Crippen molar-refractivity contribution in [2.75, 3.05) is 5.43 Å². The van der Waals surface area contributed by atoms with Gasteiger partial charge in [0, 0.05) is 15.8 Å². The molecule has 140 valence electrons. The molecule has 1 aliphatic rings. The Balaban J connectivity index is 1.79. The number of thiazole rings is 1. The highest BCUT2D eigenvalue weighted by Crippen LogP contribution is 2.31. The number of fused-ring (bicyclic) bond motifs is 1. The molecule has 0 fully saturated rings. The molecule has 1 aromatic heterocycles. The Morgan fingerprint density at radius 3 is 2.68 bits per heavy atom. The maximum atomic E-state index is 12.4. The largest absolute Gasteiger partial charge is 0.492 e. The Morgan fingerprint density at radius 2 is 1.96 bits per heavy atom. The zero-order chi connectivity index (χ0) is 20.0. The standard InChI is InChI=1S/C19H12ClN3O3S2/c1-9-2-7-13-12(8-9)14(17(25)21-13)15-18(26)23(19(27)28-15)22-16(24)10-3-5-11(20)6-4-10/h2-8,26H,1H3,(H,22,24). The lowest BCUT2D eigenvalue weighted by Gasteiger charge is -2.08. The number of rotatable bonds is 3. The highest BCUT2D eigenvalue weighted by molar-refractivity contribution is 7.73. The highest BCUT2D eigenvalue weighted by atomic mass is 35.5. The number of carbonyl (C=O) groups excluding carboxylic acids is 2. The Morgan fingerprint density at radius 1 is 1.25 bits per heavy atom. The normalized spacial score (nSPS) is 12.6. The van der Waals surface area contributed by atoms with E-state index in [9.17, 15) is 14.7 Å². The van der Waals surface area contributed by atoms with Gasteiger partial charge in [0.1, 0.15) is 4.88 Å². The Hall–Kier alpha value is -2.81. The molecule has 2 aromatic carbocycles. The number of aromatic hydroxyl groups is 1. The summed E-state index contributed by atoms with van der Waals surface area (Å²) in [6.07, 6.45) is 0. The fourth-order valence-corrected chi connectivity index (χ4v) is 4.23. The molecule has 9 heteroatoms. The van der Waals surface area contributed by atoms with Gasteiger partial charge in [-0.1, -0.05) is 34.6 Å². The van der Waals surface area contributed by atoms with Crippen molar-refractivity contribution in [3.05, 3.63) is 78.0 Å². The lowest BCUT2D eigenvalue weighted by molar-refractivity contribution is -0.112. The average molecular weight is 430 g/mol. The first-order chi connectivity index (χ1) is 13.3. The number of benzene rings is 2. The van der Waals surface area contributed by atoms with E-state index in [0.717, 1.165) is 21.6 Å². The zero-order valence-electron chi connectivity index (χ0n) is 14.4. The number of aromatic nitrogens is 1. The van der Waals surface area contributed by atoms with Gasteiger partial charge in [-0.2, -0.15) is 4.68 Å². The molecule has 0 saturated carbocycles. The van der Waals surface area contributed by atoms with E-state index < -0.39 is 11.8 Å². The van der Waals surface area contributed by atoms with Gasteiger partial charge in [-0.25, -0.2) is 4.99 Å². The number of hydrogen-bond acceptors (Lipinski definition) is 5. The van der Waals surface area contributed by atoms with Crippen molar-refractivity contribution in [2.45, 2.75) is 6.92 Å². The van der Waals surface area contributed by atoms with Crippen LogP contribution < -0.4 is 16.0 Å². The Kier molecular flexibility index (Phi) is 4.62. The molecule has 1 aliphatic heterocycles. The van der Waals surface area contributed by atoms with Crippen molar-refractivity contribution in [3.8, 4) is 5.88 Å². The number of halogens is 1. The smallest absolute Gasteiger partial charge is 0.279 e. The number of carbonyl (C=O) groups is 2. The maximum absolute atomic E-state index is 12.4. The van der Waals surface area contributed by atoms with Crippen LogP contribution in [-0.2, 0) is 4.79 Å². The van der Waals surface area contributed by atoms with Gasteiger partial charge in [-0.15, -0.1) is 0 Å². The molecular formula is C19H12ClN3O3S2. The molecule has 0 unspecified atom stereocenters. The quantitative estimate of drug-likeness (QED) is 0.627. The molecule has 0 bridgehead atoms. The van der Waals surface area contributed by atoms with Crippen molar-refractivity contribution in [1.29, 1.82) is 0 Å². The van der Waals surface area contributed by atoms with Crippen molar-refractivity contribution in [2.24, 2.45) is 4.99 Å². The van der Waals surface area contributed by atoms with Crippen LogP contribution in [0.5, 0.6) is 5.88 Å². The van der Waals surface area contributed by atoms with Gasteiger partial charge >= 0.3 is 0 Å². The van der Waals surface area contributed by atoms with E-state index in [2.05, 4.69) is 10.4 Å². The summed E-state index contributed by atoms with van der Waals surface area (Å²) in [5, 5.41) is 12.4. The molecule has 2 N–H and O–H groups in total. The van der Waals surface area contributed by atoms with Crippen LogP contribution in [0.4, 0.5) is 0 Å². The highest BCUT2D eigenvalue weighted by Gasteiger charge is 2.26. The SMILES string of the molecule is Cc1ccc2c(c1)=C(c1sc(=S)n(NC(=O)c3ccc(Cl)cc3)c1O)C(=O)N=2. The van der Waals surface area contributed by atoms with Gasteiger partial charge in [0.05, 0.1) is 10.9 Å². The minimum absolute atomic E-state index is 0.191. The molecule has 28 heavy (non-hydrogen) atoms. The third kappa shape index (κ3) is 3.15. The first-order valence-corrected chi connectivity index (χ1v) is 9.71. The number of amides is 2. The minimum atomic E-state index is -0.476. The Bertz CT molecular complexity index is 1320. The summed E-state index contributed by atoms with van der Waals surface area (Å²) in [7, 11) is 0. The number of nitrogens with one attached hydrogen (secondary N) is 1. The summed E-state index contributed by atoms with van der Waals surface area (Å²) in [5.41, 5.74) is 4.12. The van der Waals surface area contributed by atoms with Crippen LogP contribution in [0.1, 0.15) is 20.8 Å². The van der Waals surface area contributed by atoms with E-state index in [0.29, 0.717) is 21.2 Å². The topological polar surface area (TPSA) is 83.7 Å².